The second-order valence-corrected chi connectivity index (χ2v) is 5.49. The number of aliphatic carboxylic acids is 1. The molecule has 23 heavy (non-hydrogen) atoms. The van der Waals surface area contributed by atoms with Crippen LogP contribution in [0.2, 0.25) is 0 Å². The van der Waals surface area contributed by atoms with Gasteiger partial charge in [-0.15, -0.1) is 0 Å². The van der Waals surface area contributed by atoms with E-state index >= 15 is 0 Å². The number of aromatic nitrogens is 3. The molecule has 1 N–H and O–H groups in total. The van der Waals surface area contributed by atoms with Crippen LogP contribution in [0.15, 0.2) is 18.3 Å². The van der Waals surface area contributed by atoms with Gasteiger partial charge in [0.25, 0.3) is 0 Å². The number of hydrogen-bond donors (Lipinski definition) is 1. The number of pyridine rings is 1. The van der Waals surface area contributed by atoms with Gasteiger partial charge in [0.1, 0.15) is 5.69 Å². The van der Waals surface area contributed by atoms with Gasteiger partial charge in [0.15, 0.2) is 0 Å². The Balaban J connectivity index is 2.11. The predicted octanol–water partition coefficient (Wildman–Crippen LogP) is 2.93. The summed E-state index contributed by atoms with van der Waals surface area (Å²) < 4.78 is 40.9. The van der Waals surface area contributed by atoms with Crippen molar-refractivity contribution in [3.8, 4) is 11.1 Å². The first kappa shape index (κ1) is 15.5. The van der Waals surface area contributed by atoms with E-state index in [0.717, 1.165) is 37.6 Å². The van der Waals surface area contributed by atoms with Gasteiger partial charge in [0, 0.05) is 17.8 Å². The molecule has 0 unspecified atom stereocenters. The lowest BCUT2D eigenvalue weighted by molar-refractivity contribution is -0.142. The molecule has 122 valence electrons. The second kappa shape index (κ2) is 5.68. The van der Waals surface area contributed by atoms with Gasteiger partial charge in [-0.2, -0.15) is 18.3 Å². The number of carbonyl (C=O) groups is 1. The number of carboxylic acids is 1. The van der Waals surface area contributed by atoms with Gasteiger partial charge in [0.05, 0.1) is 18.3 Å². The standard InChI is InChI=1S/C15H14F3N3O2/c16-15(17,18)13-6-9(5-10(20-13)7-14(22)23)11-8-19-21-4-2-1-3-12(11)21/h5-6,8H,1-4,7H2,(H,22,23). The Morgan fingerprint density at radius 3 is 2.78 bits per heavy atom. The smallest absolute Gasteiger partial charge is 0.433 e. The van der Waals surface area contributed by atoms with Gasteiger partial charge in [-0.05, 0) is 37.0 Å². The number of rotatable bonds is 3. The van der Waals surface area contributed by atoms with Crippen LogP contribution in [0.5, 0.6) is 0 Å². The van der Waals surface area contributed by atoms with E-state index < -0.39 is 24.3 Å². The summed E-state index contributed by atoms with van der Waals surface area (Å²) in [4.78, 5) is 14.3. The number of fused-ring (bicyclic) bond motifs is 1. The molecule has 0 radical (unpaired) electrons. The van der Waals surface area contributed by atoms with E-state index in [4.69, 9.17) is 5.11 Å². The molecule has 5 nitrogen and oxygen atoms in total. The van der Waals surface area contributed by atoms with Crippen LogP contribution >= 0.6 is 0 Å². The third-order valence-electron chi connectivity index (χ3n) is 3.79. The number of carboxylic acid groups (broad SMARTS) is 1. The highest BCUT2D eigenvalue weighted by atomic mass is 19.4. The summed E-state index contributed by atoms with van der Waals surface area (Å²) in [5.74, 6) is -1.22. The third-order valence-corrected chi connectivity index (χ3v) is 3.79. The van der Waals surface area contributed by atoms with E-state index in [1.165, 1.54) is 6.07 Å². The number of halogens is 3. The van der Waals surface area contributed by atoms with Gasteiger partial charge < -0.3 is 5.11 Å². The zero-order valence-corrected chi connectivity index (χ0v) is 12.1. The summed E-state index contributed by atoms with van der Waals surface area (Å²) in [5, 5.41) is 13.1. The van der Waals surface area contributed by atoms with E-state index in [1.807, 2.05) is 0 Å². The minimum atomic E-state index is -4.63. The molecule has 0 spiro atoms. The molecule has 3 rings (SSSR count). The van der Waals surface area contributed by atoms with Crippen molar-refractivity contribution in [3.05, 3.63) is 35.4 Å². The summed E-state index contributed by atoms with van der Waals surface area (Å²) in [6, 6.07) is 2.35. The van der Waals surface area contributed by atoms with Crippen molar-refractivity contribution in [2.75, 3.05) is 0 Å². The normalized spacial score (nSPS) is 14.6. The highest BCUT2D eigenvalue weighted by Gasteiger charge is 2.34. The summed E-state index contributed by atoms with van der Waals surface area (Å²) in [6.07, 6.45) is -0.953. The molecule has 0 saturated carbocycles. The monoisotopic (exact) mass is 325 g/mol. The zero-order valence-electron chi connectivity index (χ0n) is 12.1. The molecule has 3 heterocycles. The summed E-state index contributed by atoms with van der Waals surface area (Å²) in [7, 11) is 0. The first-order valence-electron chi connectivity index (χ1n) is 7.19. The molecule has 0 aliphatic carbocycles. The minimum Gasteiger partial charge on any atom is -0.481 e. The molecular weight excluding hydrogens is 311 g/mol. The van der Waals surface area contributed by atoms with E-state index in [2.05, 4.69) is 10.1 Å². The molecular formula is C15H14F3N3O2. The first-order valence-corrected chi connectivity index (χ1v) is 7.19. The van der Waals surface area contributed by atoms with Crippen LogP contribution in [0.4, 0.5) is 13.2 Å². The number of nitrogens with zero attached hydrogens (tertiary/aromatic N) is 3. The maximum absolute atomic E-state index is 13.0. The molecule has 0 saturated heterocycles. The average Bonchev–Trinajstić information content (AvgIpc) is 2.89. The van der Waals surface area contributed by atoms with Crippen LogP contribution in [0.3, 0.4) is 0 Å². The van der Waals surface area contributed by atoms with Crippen molar-refractivity contribution in [1.82, 2.24) is 14.8 Å². The van der Waals surface area contributed by atoms with E-state index in [9.17, 15) is 18.0 Å². The van der Waals surface area contributed by atoms with Crippen molar-refractivity contribution in [2.24, 2.45) is 0 Å². The molecule has 1 aliphatic rings. The van der Waals surface area contributed by atoms with Gasteiger partial charge in [0.2, 0.25) is 0 Å². The lowest BCUT2D eigenvalue weighted by Gasteiger charge is -2.16. The van der Waals surface area contributed by atoms with Crippen LogP contribution in [0.1, 0.15) is 29.9 Å². The Morgan fingerprint density at radius 1 is 1.30 bits per heavy atom. The zero-order chi connectivity index (χ0) is 16.6. The molecule has 8 heteroatoms. The van der Waals surface area contributed by atoms with Crippen LogP contribution < -0.4 is 0 Å². The Bertz CT molecular complexity index is 753. The Hall–Kier alpha value is -2.38. The van der Waals surface area contributed by atoms with Crippen LogP contribution in [0, 0.1) is 0 Å². The minimum absolute atomic E-state index is 0.113. The van der Waals surface area contributed by atoms with Crippen molar-refractivity contribution >= 4 is 5.97 Å². The molecule has 0 fully saturated rings. The number of hydrogen-bond acceptors (Lipinski definition) is 3. The SMILES string of the molecule is O=C(O)Cc1cc(-c2cnn3c2CCCC3)cc(C(F)(F)F)n1. The van der Waals surface area contributed by atoms with Gasteiger partial charge in [-0.25, -0.2) is 4.98 Å². The van der Waals surface area contributed by atoms with Crippen molar-refractivity contribution in [1.29, 1.82) is 0 Å². The maximum atomic E-state index is 13.0. The predicted molar refractivity (Wildman–Crippen MR) is 74.7 cm³/mol. The van der Waals surface area contributed by atoms with Gasteiger partial charge in [-0.3, -0.25) is 9.48 Å². The molecule has 0 atom stereocenters. The highest BCUT2D eigenvalue weighted by Crippen LogP contribution is 2.33. The van der Waals surface area contributed by atoms with Crippen molar-refractivity contribution in [2.45, 2.75) is 38.4 Å². The fourth-order valence-electron chi connectivity index (χ4n) is 2.80. The summed E-state index contributed by atoms with van der Waals surface area (Å²) >= 11 is 0. The topological polar surface area (TPSA) is 68.0 Å². The molecule has 0 amide bonds. The molecule has 2 aromatic rings. The molecule has 0 bridgehead atoms. The lowest BCUT2D eigenvalue weighted by atomic mass is 10.00. The van der Waals surface area contributed by atoms with Crippen LogP contribution in [0.25, 0.3) is 11.1 Å². The number of alkyl halides is 3. The molecule has 2 aromatic heterocycles. The van der Waals surface area contributed by atoms with Crippen LogP contribution in [-0.4, -0.2) is 25.8 Å². The number of aryl methyl sites for hydroxylation is 1. The van der Waals surface area contributed by atoms with Crippen molar-refractivity contribution < 1.29 is 23.1 Å². The summed E-state index contributed by atoms with van der Waals surface area (Å²) in [5.41, 5.74) is 0.618. The Morgan fingerprint density at radius 2 is 2.09 bits per heavy atom. The third kappa shape index (κ3) is 3.20. The first-order chi connectivity index (χ1) is 10.8. The maximum Gasteiger partial charge on any atom is 0.433 e. The van der Waals surface area contributed by atoms with Crippen molar-refractivity contribution in [3.63, 3.8) is 0 Å². The molecule has 1 aliphatic heterocycles. The van der Waals surface area contributed by atoms with E-state index in [1.54, 1.807) is 10.9 Å². The lowest BCUT2D eigenvalue weighted by Crippen LogP contribution is -2.13. The summed E-state index contributed by atoms with van der Waals surface area (Å²) in [6.45, 7) is 0.745. The van der Waals surface area contributed by atoms with Gasteiger partial charge in [-0.1, -0.05) is 0 Å². The Labute approximate surface area is 129 Å². The fraction of sp³-hybridized carbons (Fsp3) is 0.400. The van der Waals surface area contributed by atoms with E-state index in [0.29, 0.717) is 11.1 Å². The largest absolute Gasteiger partial charge is 0.481 e. The molecule has 0 aromatic carbocycles. The van der Waals surface area contributed by atoms with E-state index in [-0.39, 0.29) is 5.69 Å². The fourth-order valence-corrected chi connectivity index (χ4v) is 2.80. The van der Waals surface area contributed by atoms with Crippen LogP contribution in [-0.2, 0) is 30.4 Å². The Kier molecular flexibility index (Phi) is 3.83. The second-order valence-electron chi connectivity index (χ2n) is 5.49. The quantitative estimate of drug-likeness (QED) is 0.942. The van der Waals surface area contributed by atoms with Gasteiger partial charge >= 0.3 is 12.1 Å². The average molecular weight is 325 g/mol. The highest BCUT2D eigenvalue weighted by molar-refractivity contribution is 5.72.